The summed E-state index contributed by atoms with van der Waals surface area (Å²) in [6.07, 6.45) is 0.130. The monoisotopic (exact) mass is 235 g/mol. The maximum atomic E-state index is 11.8. The minimum atomic E-state index is -0.371. The SMILES string of the molecule is CC(O)C1CCN(C(=O)Oc2ccccc2)C1. The molecule has 1 N–H and O–H groups in total. The number of carbonyl (C=O) groups excluding carboxylic acids is 1. The molecule has 1 heterocycles. The molecular weight excluding hydrogens is 218 g/mol. The topological polar surface area (TPSA) is 49.8 Å². The lowest BCUT2D eigenvalue weighted by Crippen LogP contribution is -2.32. The number of aliphatic hydroxyl groups is 1. The van der Waals surface area contributed by atoms with Gasteiger partial charge in [0.05, 0.1) is 6.10 Å². The van der Waals surface area contributed by atoms with Gasteiger partial charge in [0, 0.05) is 19.0 Å². The Kier molecular flexibility index (Phi) is 3.64. The molecule has 1 amide bonds. The van der Waals surface area contributed by atoms with Crippen LogP contribution in [-0.2, 0) is 0 Å². The van der Waals surface area contributed by atoms with Crippen LogP contribution in [0.4, 0.5) is 4.79 Å². The Morgan fingerprint density at radius 3 is 2.76 bits per heavy atom. The quantitative estimate of drug-likeness (QED) is 0.851. The molecule has 1 fully saturated rings. The van der Waals surface area contributed by atoms with E-state index in [0.29, 0.717) is 18.8 Å². The van der Waals surface area contributed by atoms with Crippen LogP contribution >= 0.6 is 0 Å². The summed E-state index contributed by atoms with van der Waals surface area (Å²) in [6, 6.07) is 9.02. The highest BCUT2D eigenvalue weighted by atomic mass is 16.6. The molecule has 0 bridgehead atoms. The number of hydrogen-bond donors (Lipinski definition) is 1. The van der Waals surface area contributed by atoms with Crippen molar-refractivity contribution >= 4 is 6.09 Å². The summed E-state index contributed by atoms with van der Waals surface area (Å²) < 4.78 is 5.23. The molecule has 0 aliphatic carbocycles. The molecule has 1 aliphatic heterocycles. The number of amides is 1. The molecular formula is C13H17NO3. The van der Waals surface area contributed by atoms with Gasteiger partial charge in [-0.3, -0.25) is 0 Å². The molecule has 1 aromatic carbocycles. The molecule has 0 saturated carbocycles. The highest BCUT2D eigenvalue weighted by Crippen LogP contribution is 2.21. The van der Waals surface area contributed by atoms with E-state index in [1.807, 2.05) is 18.2 Å². The molecule has 1 aromatic rings. The van der Waals surface area contributed by atoms with Gasteiger partial charge < -0.3 is 14.7 Å². The second kappa shape index (κ2) is 5.19. The van der Waals surface area contributed by atoms with Gasteiger partial charge in [-0.25, -0.2) is 4.79 Å². The van der Waals surface area contributed by atoms with Crippen LogP contribution in [0.15, 0.2) is 30.3 Å². The van der Waals surface area contributed by atoms with Gasteiger partial charge in [-0.1, -0.05) is 18.2 Å². The van der Waals surface area contributed by atoms with Gasteiger partial charge in [0.25, 0.3) is 0 Å². The van der Waals surface area contributed by atoms with E-state index in [1.165, 1.54) is 0 Å². The van der Waals surface area contributed by atoms with Gasteiger partial charge in [-0.05, 0) is 25.5 Å². The first-order chi connectivity index (χ1) is 8.16. The summed E-state index contributed by atoms with van der Waals surface area (Å²) in [6.45, 7) is 2.99. The fourth-order valence-electron chi connectivity index (χ4n) is 2.00. The van der Waals surface area contributed by atoms with Crippen molar-refractivity contribution in [2.75, 3.05) is 13.1 Å². The van der Waals surface area contributed by atoms with Crippen molar-refractivity contribution in [1.82, 2.24) is 4.90 Å². The largest absolute Gasteiger partial charge is 0.415 e. The fraction of sp³-hybridized carbons (Fsp3) is 0.462. The Labute approximate surface area is 101 Å². The van der Waals surface area contributed by atoms with Crippen molar-refractivity contribution in [3.05, 3.63) is 30.3 Å². The molecule has 2 rings (SSSR count). The molecule has 0 spiro atoms. The van der Waals surface area contributed by atoms with Crippen LogP contribution in [0.1, 0.15) is 13.3 Å². The first-order valence-corrected chi connectivity index (χ1v) is 5.86. The smallest absolute Gasteiger partial charge is 0.410 e. The van der Waals surface area contributed by atoms with Crippen molar-refractivity contribution in [2.45, 2.75) is 19.4 Å². The summed E-state index contributed by atoms with van der Waals surface area (Å²) in [5, 5.41) is 9.46. The van der Waals surface area contributed by atoms with E-state index in [9.17, 15) is 9.90 Å². The van der Waals surface area contributed by atoms with Crippen LogP contribution in [0.25, 0.3) is 0 Å². The summed E-state index contributed by atoms with van der Waals surface area (Å²) >= 11 is 0. The molecule has 0 radical (unpaired) electrons. The number of carbonyl (C=O) groups is 1. The first-order valence-electron chi connectivity index (χ1n) is 5.86. The van der Waals surface area contributed by atoms with E-state index in [2.05, 4.69) is 0 Å². The predicted octanol–water partition coefficient (Wildman–Crippen LogP) is 1.89. The zero-order valence-electron chi connectivity index (χ0n) is 9.87. The van der Waals surface area contributed by atoms with Crippen molar-refractivity contribution in [3.63, 3.8) is 0 Å². The Hall–Kier alpha value is -1.55. The van der Waals surface area contributed by atoms with Gasteiger partial charge in [0.2, 0.25) is 0 Å². The van der Waals surface area contributed by atoms with Crippen molar-refractivity contribution in [1.29, 1.82) is 0 Å². The molecule has 1 saturated heterocycles. The minimum Gasteiger partial charge on any atom is -0.410 e. The van der Waals surface area contributed by atoms with Crippen LogP contribution in [-0.4, -0.2) is 35.3 Å². The Morgan fingerprint density at radius 2 is 2.18 bits per heavy atom. The second-order valence-electron chi connectivity index (χ2n) is 4.42. The van der Waals surface area contributed by atoms with E-state index in [0.717, 1.165) is 6.42 Å². The van der Waals surface area contributed by atoms with Crippen molar-refractivity contribution in [2.24, 2.45) is 5.92 Å². The van der Waals surface area contributed by atoms with Gasteiger partial charge in [-0.2, -0.15) is 0 Å². The number of likely N-dealkylation sites (tertiary alicyclic amines) is 1. The number of ether oxygens (including phenoxy) is 1. The van der Waals surface area contributed by atoms with Gasteiger partial charge in [0.1, 0.15) is 5.75 Å². The summed E-state index contributed by atoms with van der Waals surface area (Å²) in [5.41, 5.74) is 0. The van der Waals surface area contributed by atoms with E-state index in [-0.39, 0.29) is 18.1 Å². The van der Waals surface area contributed by atoms with Crippen LogP contribution < -0.4 is 4.74 Å². The van der Waals surface area contributed by atoms with Crippen LogP contribution in [0, 0.1) is 5.92 Å². The standard InChI is InChI=1S/C13H17NO3/c1-10(15)11-7-8-14(9-11)13(16)17-12-5-3-2-4-6-12/h2-6,10-11,15H,7-9H2,1H3. The molecule has 4 nitrogen and oxygen atoms in total. The average molecular weight is 235 g/mol. The Morgan fingerprint density at radius 1 is 1.47 bits per heavy atom. The highest BCUT2D eigenvalue weighted by molar-refractivity contribution is 5.70. The molecule has 2 unspecified atom stereocenters. The third-order valence-electron chi connectivity index (χ3n) is 3.11. The number of rotatable bonds is 2. The lowest BCUT2D eigenvalue weighted by Gasteiger charge is -2.17. The van der Waals surface area contributed by atoms with Gasteiger partial charge in [0.15, 0.2) is 0 Å². The lowest BCUT2D eigenvalue weighted by atomic mass is 10.0. The molecule has 17 heavy (non-hydrogen) atoms. The van der Waals surface area contributed by atoms with E-state index >= 15 is 0 Å². The number of aliphatic hydroxyl groups excluding tert-OH is 1. The molecule has 0 aromatic heterocycles. The number of para-hydroxylation sites is 1. The third-order valence-corrected chi connectivity index (χ3v) is 3.11. The second-order valence-corrected chi connectivity index (χ2v) is 4.42. The summed E-state index contributed by atoms with van der Waals surface area (Å²) in [7, 11) is 0. The molecule has 92 valence electrons. The maximum Gasteiger partial charge on any atom is 0.415 e. The lowest BCUT2D eigenvalue weighted by molar-refractivity contribution is 0.123. The van der Waals surface area contributed by atoms with Gasteiger partial charge in [-0.15, -0.1) is 0 Å². The predicted molar refractivity (Wildman–Crippen MR) is 63.8 cm³/mol. The minimum absolute atomic E-state index is 0.165. The summed E-state index contributed by atoms with van der Waals surface area (Å²) in [4.78, 5) is 13.4. The van der Waals surface area contributed by atoms with Crippen molar-refractivity contribution in [3.8, 4) is 5.75 Å². The van der Waals surface area contributed by atoms with Gasteiger partial charge >= 0.3 is 6.09 Å². The Bertz CT molecular complexity index is 378. The van der Waals surface area contributed by atoms with Crippen LogP contribution in [0.5, 0.6) is 5.75 Å². The summed E-state index contributed by atoms with van der Waals surface area (Å²) in [5.74, 6) is 0.719. The molecule has 1 aliphatic rings. The number of nitrogens with zero attached hydrogens (tertiary/aromatic N) is 1. The first kappa shape index (κ1) is 11.9. The molecule has 4 heteroatoms. The molecule has 2 atom stereocenters. The highest BCUT2D eigenvalue weighted by Gasteiger charge is 2.30. The van der Waals surface area contributed by atoms with Crippen molar-refractivity contribution < 1.29 is 14.6 Å². The van der Waals surface area contributed by atoms with E-state index < -0.39 is 0 Å². The number of benzene rings is 1. The average Bonchev–Trinajstić information content (AvgIpc) is 2.79. The van der Waals surface area contributed by atoms with Crippen LogP contribution in [0.2, 0.25) is 0 Å². The third kappa shape index (κ3) is 2.97. The Balaban J connectivity index is 1.90. The fourth-order valence-corrected chi connectivity index (χ4v) is 2.00. The maximum absolute atomic E-state index is 11.8. The normalized spacial score (nSPS) is 21.3. The van der Waals surface area contributed by atoms with E-state index in [1.54, 1.807) is 24.0 Å². The van der Waals surface area contributed by atoms with E-state index in [4.69, 9.17) is 4.74 Å². The zero-order valence-corrected chi connectivity index (χ0v) is 9.87. The number of hydrogen-bond acceptors (Lipinski definition) is 3. The zero-order chi connectivity index (χ0) is 12.3. The van der Waals surface area contributed by atoms with Crippen LogP contribution in [0.3, 0.4) is 0 Å².